The molecule has 3 rings (SSSR count). The number of benzene rings is 1. The van der Waals surface area contributed by atoms with E-state index in [1.165, 1.54) is 18.5 Å². The number of hydrogen-bond acceptors (Lipinski definition) is 8. The molecule has 2 heterocycles. The van der Waals surface area contributed by atoms with Crippen LogP contribution in [0.1, 0.15) is 51.0 Å². The number of hydrogen-bond donors (Lipinski definition) is 0. The lowest BCUT2D eigenvalue weighted by molar-refractivity contribution is -0.120. The summed E-state index contributed by atoms with van der Waals surface area (Å²) in [6.45, 7) is 5.88. The summed E-state index contributed by atoms with van der Waals surface area (Å²) in [7, 11) is -3.53. The van der Waals surface area contributed by atoms with Crippen molar-refractivity contribution in [2.24, 2.45) is 0 Å². The van der Waals surface area contributed by atoms with Crippen molar-refractivity contribution in [3.05, 3.63) is 35.9 Å². The van der Waals surface area contributed by atoms with Crippen molar-refractivity contribution in [1.29, 1.82) is 0 Å². The van der Waals surface area contributed by atoms with Crippen LogP contribution in [0.15, 0.2) is 29.4 Å². The minimum absolute atomic E-state index is 0.0568. The molecule has 1 aromatic carbocycles. The van der Waals surface area contributed by atoms with Gasteiger partial charge in [-0.2, -0.15) is 0 Å². The first-order valence-electron chi connectivity index (χ1n) is 11.6. The summed E-state index contributed by atoms with van der Waals surface area (Å²) < 4.78 is 49.3. The molecule has 0 amide bonds. The fourth-order valence-electron chi connectivity index (χ4n) is 3.78. The number of sulfone groups is 1. The lowest BCUT2D eigenvalue weighted by atomic mass is 10.1. The molecule has 34 heavy (non-hydrogen) atoms. The molecule has 1 aliphatic heterocycles. The van der Waals surface area contributed by atoms with Crippen LogP contribution in [0.4, 0.5) is 4.39 Å². The predicted octanol–water partition coefficient (Wildman–Crippen LogP) is 4.11. The largest absolute Gasteiger partial charge is 0.474 e. The zero-order chi connectivity index (χ0) is 24.7. The van der Waals surface area contributed by atoms with Gasteiger partial charge in [0.1, 0.15) is 18.2 Å². The molecule has 0 bridgehead atoms. The second-order valence-corrected chi connectivity index (χ2v) is 10.7. The molecule has 10 heteroatoms. The minimum atomic E-state index is -3.53. The van der Waals surface area contributed by atoms with Crippen molar-refractivity contribution in [1.82, 2.24) is 14.9 Å². The summed E-state index contributed by atoms with van der Waals surface area (Å²) >= 11 is 0. The number of nitrogens with zero attached hydrogens (tertiary/aromatic N) is 3. The van der Waals surface area contributed by atoms with Gasteiger partial charge in [0.05, 0.1) is 17.0 Å². The van der Waals surface area contributed by atoms with Gasteiger partial charge in [0.25, 0.3) is 0 Å². The Morgan fingerprint density at radius 1 is 1.18 bits per heavy atom. The Labute approximate surface area is 200 Å². The number of Topliss-reactive ketones (excluding diaryl/α,β-unsaturated/α-hetero) is 1. The number of carbonyl (C=O) groups is 1. The summed E-state index contributed by atoms with van der Waals surface area (Å²) in [6.07, 6.45) is 7.56. The number of piperidine rings is 1. The Morgan fingerprint density at radius 2 is 1.88 bits per heavy atom. The van der Waals surface area contributed by atoms with Gasteiger partial charge < -0.3 is 9.47 Å². The van der Waals surface area contributed by atoms with Gasteiger partial charge in [-0.25, -0.2) is 22.8 Å². The molecule has 1 aromatic heterocycles. The number of aromatic nitrogens is 2. The van der Waals surface area contributed by atoms with Crippen molar-refractivity contribution in [2.75, 3.05) is 25.9 Å². The molecule has 1 aliphatic rings. The van der Waals surface area contributed by atoms with Crippen LogP contribution in [0.25, 0.3) is 0 Å². The van der Waals surface area contributed by atoms with Crippen LogP contribution < -0.4 is 9.47 Å². The maximum atomic E-state index is 14.4. The average Bonchev–Trinajstić information content (AvgIpc) is 2.78. The van der Waals surface area contributed by atoms with Crippen LogP contribution >= 0.6 is 0 Å². The van der Waals surface area contributed by atoms with Gasteiger partial charge in [0, 0.05) is 25.8 Å². The Bertz CT molecular complexity index is 1100. The Hall–Kier alpha value is -2.59. The van der Waals surface area contributed by atoms with Crippen LogP contribution in [-0.4, -0.2) is 61.1 Å². The Kier molecular flexibility index (Phi) is 8.96. The first-order chi connectivity index (χ1) is 16.2. The summed E-state index contributed by atoms with van der Waals surface area (Å²) in [5, 5.41) is 0. The fraction of sp³-hybridized carbons (Fsp3) is 0.542. The predicted molar refractivity (Wildman–Crippen MR) is 126 cm³/mol. The van der Waals surface area contributed by atoms with E-state index in [-0.39, 0.29) is 28.4 Å². The lowest BCUT2D eigenvalue weighted by Gasteiger charge is -2.31. The number of carbonyl (C=O) groups excluding carboxylic acids is 1. The maximum absolute atomic E-state index is 14.4. The van der Waals surface area contributed by atoms with Crippen molar-refractivity contribution in [3.8, 4) is 17.5 Å². The zero-order valence-corrected chi connectivity index (χ0v) is 20.7. The number of unbranched alkanes of at least 4 members (excludes halogenated alkanes) is 2. The highest BCUT2D eigenvalue weighted by molar-refractivity contribution is 7.90. The third-order valence-electron chi connectivity index (χ3n) is 5.80. The van der Waals surface area contributed by atoms with Gasteiger partial charge >= 0.3 is 0 Å². The van der Waals surface area contributed by atoms with E-state index in [0.717, 1.165) is 57.5 Å². The molecule has 0 radical (unpaired) electrons. The van der Waals surface area contributed by atoms with Gasteiger partial charge in [0.2, 0.25) is 11.8 Å². The summed E-state index contributed by atoms with van der Waals surface area (Å²) in [5.41, 5.74) is 0.516. The van der Waals surface area contributed by atoms with E-state index in [0.29, 0.717) is 24.4 Å². The summed E-state index contributed by atoms with van der Waals surface area (Å²) in [6, 6.07) is 3.46. The fourth-order valence-corrected chi connectivity index (χ4v) is 4.42. The molecule has 0 atom stereocenters. The smallest absolute Gasteiger partial charge is 0.229 e. The van der Waals surface area contributed by atoms with Gasteiger partial charge in [0.15, 0.2) is 21.4 Å². The first kappa shape index (κ1) is 26.0. The Morgan fingerprint density at radius 3 is 2.53 bits per heavy atom. The third kappa shape index (κ3) is 7.20. The standard InChI is InChI=1S/C24H32FN3O5S/c1-4-5-6-7-18(29)15-28-12-10-19(11-13-28)32-23-17(2)24(27-16-26-23)33-22-9-8-20(14-21(22)25)34(3,30)31/h8-9,14,16,19H,4-7,10-13,15H2,1-3H3. The van der Waals surface area contributed by atoms with Crippen LogP contribution in [0, 0.1) is 12.7 Å². The molecular weight excluding hydrogens is 461 g/mol. The summed E-state index contributed by atoms with van der Waals surface area (Å²) in [5.74, 6) is -0.173. The molecular formula is C24H32FN3O5S. The van der Waals surface area contributed by atoms with Crippen molar-refractivity contribution in [3.63, 3.8) is 0 Å². The van der Waals surface area contributed by atoms with E-state index >= 15 is 0 Å². The quantitative estimate of drug-likeness (QED) is 0.431. The van der Waals surface area contributed by atoms with Crippen molar-refractivity contribution < 1.29 is 27.1 Å². The van der Waals surface area contributed by atoms with Crippen LogP contribution in [0.3, 0.4) is 0 Å². The number of halogens is 1. The molecule has 0 saturated carbocycles. The second-order valence-electron chi connectivity index (χ2n) is 8.66. The molecule has 1 fully saturated rings. The first-order valence-corrected chi connectivity index (χ1v) is 13.5. The molecule has 2 aromatic rings. The summed E-state index contributed by atoms with van der Waals surface area (Å²) in [4.78, 5) is 22.4. The number of ketones is 1. The van der Waals surface area contributed by atoms with Crippen LogP contribution in [-0.2, 0) is 14.6 Å². The Balaban J connectivity index is 1.57. The number of rotatable bonds is 11. The molecule has 0 N–H and O–H groups in total. The van der Waals surface area contributed by atoms with E-state index in [9.17, 15) is 17.6 Å². The average molecular weight is 494 g/mol. The molecule has 0 aliphatic carbocycles. The second kappa shape index (κ2) is 11.7. The van der Waals surface area contributed by atoms with E-state index in [1.807, 2.05) is 0 Å². The van der Waals surface area contributed by atoms with Gasteiger partial charge in [-0.3, -0.25) is 9.69 Å². The molecule has 0 spiro atoms. The number of likely N-dealkylation sites (tertiary alicyclic amines) is 1. The maximum Gasteiger partial charge on any atom is 0.229 e. The highest BCUT2D eigenvalue weighted by atomic mass is 32.2. The van der Waals surface area contributed by atoms with E-state index in [2.05, 4.69) is 21.8 Å². The molecule has 8 nitrogen and oxygen atoms in total. The van der Waals surface area contributed by atoms with E-state index in [1.54, 1.807) is 6.92 Å². The molecule has 1 saturated heterocycles. The monoisotopic (exact) mass is 493 g/mol. The SMILES string of the molecule is CCCCCC(=O)CN1CCC(Oc2ncnc(Oc3ccc(S(C)(=O)=O)cc3F)c2C)CC1. The van der Waals surface area contributed by atoms with Crippen molar-refractivity contribution >= 4 is 15.6 Å². The topological polar surface area (TPSA) is 98.7 Å². The van der Waals surface area contributed by atoms with E-state index < -0.39 is 15.7 Å². The highest BCUT2D eigenvalue weighted by Crippen LogP contribution is 2.31. The minimum Gasteiger partial charge on any atom is -0.474 e. The van der Waals surface area contributed by atoms with Gasteiger partial charge in [-0.05, 0) is 44.4 Å². The van der Waals surface area contributed by atoms with E-state index in [4.69, 9.17) is 9.47 Å². The third-order valence-corrected chi connectivity index (χ3v) is 6.91. The van der Waals surface area contributed by atoms with Crippen LogP contribution in [0.2, 0.25) is 0 Å². The molecule has 0 unspecified atom stereocenters. The molecule has 186 valence electrons. The lowest BCUT2D eigenvalue weighted by Crippen LogP contribution is -2.41. The zero-order valence-electron chi connectivity index (χ0n) is 19.9. The van der Waals surface area contributed by atoms with Crippen LogP contribution in [0.5, 0.6) is 17.5 Å². The van der Waals surface area contributed by atoms with Gasteiger partial charge in [-0.15, -0.1) is 0 Å². The normalized spacial score (nSPS) is 15.3. The van der Waals surface area contributed by atoms with Crippen molar-refractivity contribution in [2.45, 2.75) is 63.4 Å². The van der Waals surface area contributed by atoms with Gasteiger partial charge in [-0.1, -0.05) is 19.8 Å². The number of ether oxygens (including phenoxy) is 2. The highest BCUT2D eigenvalue weighted by Gasteiger charge is 2.24.